The van der Waals surface area contributed by atoms with Crippen LogP contribution in [0.15, 0.2) is 54.6 Å². The third kappa shape index (κ3) is 4.89. The Labute approximate surface area is 172 Å². The fraction of sp³-hybridized carbons (Fsp3) is 0.320. The summed E-state index contributed by atoms with van der Waals surface area (Å²) in [4.78, 5) is 12.6. The van der Waals surface area contributed by atoms with E-state index in [4.69, 9.17) is 9.47 Å². The van der Waals surface area contributed by atoms with Crippen LogP contribution in [0.25, 0.3) is 10.8 Å². The van der Waals surface area contributed by atoms with Gasteiger partial charge in [0.05, 0.1) is 7.11 Å². The zero-order valence-electron chi connectivity index (χ0n) is 17.8. The first kappa shape index (κ1) is 20.7. The van der Waals surface area contributed by atoms with Crippen LogP contribution in [0.3, 0.4) is 0 Å². The van der Waals surface area contributed by atoms with Crippen LogP contribution in [0.4, 0.5) is 5.69 Å². The second-order valence-electron chi connectivity index (χ2n) is 7.83. The first-order valence-electron chi connectivity index (χ1n) is 10.0. The number of fused-ring (bicyclic) bond motifs is 1. The van der Waals surface area contributed by atoms with Gasteiger partial charge in [-0.05, 0) is 58.0 Å². The molecule has 0 saturated carbocycles. The summed E-state index contributed by atoms with van der Waals surface area (Å²) in [6.07, 6.45) is 0. The molecule has 0 saturated heterocycles. The number of hydrogen-bond acceptors (Lipinski definition) is 3. The summed E-state index contributed by atoms with van der Waals surface area (Å²) in [5.74, 6) is 1.92. The van der Waals surface area contributed by atoms with Crippen LogP contribution in [0.2, 0.25) is 0 Å². The normalized spacial score (nSPS) is 11.1. The van der Waals surface area contributed by atoms with Gasteiger partial charge >= 0.3 is 0 Å². The molecule has 0 aromatic heterocycles. The van der Waals surface area contributed by atoms with Gasteiger partial charge in [-0.3, -0.25) is 4.79 Å². The second-order valence-corrected chi connectivity index (χ2v) is 7.83. The Bertz CT molecular complexity index is 982. The molecule has 0 atom stereocenters. The van der Waals surface area contributed by atoms with Crippen molar-refractivity contribution in [3.8, 4) is 11.5 Å². The Morgan fingerprint density at radius 1 is 0.862 bits per heavy atom. The summed E-state index contributed by atoms with van der Waals surface area (Å²) < 4.78 is 11.1. The van der Waals surface area contributed by atoms with Gasteiger partial charge in [-0.15, -0.1) is 0 Å². The highest BCUT2D eigenvalue weighted by atomic mass is 16.5. The van der Waals surface area contributed by atoms with E-state index in [2.05, 4.69) is 51.2 Å². The molecule has 3 aromatic carbocycles. The van der Waals surface area contributed by atoms with Crippen LogP contribution < -0.4 is 14.8 Å². The van der Waals surface area contributed by atoms with Crippen LogP contribution >= 0.6 is 0 Å². The van der Waals surface area contributed by atoms with Crippen LogP contribution in [-0.4, -0.2) is 19.6 Å². The molecule has 0 aliphatic heterocycles. The highest BCUT2D eigenvalue weighted by Crippen LogP contribution is 2.32. The third-order valence-electron chi connectivity index (χ3n) is 5.03. The minimum atomic E-state index is -0.161. The van der Waals surface area contributed by atoms with E-state index in [1.165, 1.54) is 0 Å². The summed E-state index contributed by atoms with van der Waals surface area (Å²) >= 11 is 0. The van der Waals surface area contributed by atoms with Crippen molar-refractivity contribution in [2.24, 2.45) is 0 Å². The number of carbonyl (C=O) groups excluding carboxylic acids is 1. The average molecular weight is 392 g/mol. The Morgan fingerprint density at radius 2 is 1.45 bits per heavy atom. The molecule has 3 rings (SSSR count). The molecule has 0 unspecified atom stereocenters. The number of para-hydroxylation sites is 1. The van der Waals surface area contributed by atoms with Crippen LogP contribution in [0.1, 0.15) is 50.7 Å². The zero-order chi connectivity index (χ0) is 21.0. The maximum absolute atomic E-state index is 12.6. The molecule has 1 amide bonds. The summed E-state index contributed by atoms with van der Waals surface area (Å²) in [5, 5.41) is 5.18. The van der Waals surface area contributed by atoms with Crippen LogP contribution in [0, 0.1) is 0 Å². The molecule has 152 valence electrons. The Kier molecular flexibility index (Phi) is 6.42. The number of rotatable bonds is 7. The fourth-order valence-corrected chi connectivity index (χ4v) is 3.44. The van der Waals surface area contributed by atoms with Crippen molar-refractivity contribution in [2.45, 2.75) is 39.5 Å². The quantitative estimate of drug-likeness (QED) is 0.528. The van der Waals surface area contributed by atoms with Crippen molar-refractivity contribution in [3.05, 3.63) is 65.7 Å². The fourth-order valence-electron chi connectivity index (χ4n) is 3.44. The van der Waals surface area contributed by atoms with Gasteiger partial charge in [0.15, 0.2) is 6.61 Å². The standard InChI is InChI=1S/C25H29NO3/c1-16(2)22-7-6-8-23(17(3)4)25(22)26-24(27)15-29-21-12-10-18-9-11-20(28-5)13-19(18)14-21/h6-14,16-17H,15H2,1-5H3,(H,26,27). The van der Waals surface area contributed by atoms with E-state index in [1.54, 1.807) is 7.11 Å². The molecule has 1 N–H and O–H groups in total. The van der Waals surface area contributed by atoms with E-state index in [0.717, 1.165) is 33.3 Å². The monoisotopic (exact) mass is 391 g/mol. The lowest BCUT2D eigenvalue weighted by Gasteiger charge is -2.20. The first-order valence-corrected chi connectivity index (χ1v) is 10.0. The second kappa shape index (κ2) is 8.99. The maximum Gasteiger partial charge on any atom is 0.262 e. The van der Waals surface area contributed by atoms with Crippen molar-refractivity contribution in [1.82, 2.24) is 0 Å². The molecule has 0 spiro atoms. The van der Waals surface area contributed by atoms with Gasteiger partial charge in [-0.2, -0.15) is 0 Å². The third-order valence-corrected chi connectivity index (χ3v) is 5.03. The van der Waals surface area contributed by atoms with E-state index < -0.39 is 0 Å². The predicted molar refractivity (Wildman–Crippen MR) is 119 cm³/mol. The number of hydrogen-bond donors (Lipinski definition) is 1. The molecule has 0 aliphatic carbocycles. The zero-order valence-corrected chi connectivity index (χ0v) is 17.8. The maximum atomic E-state index is 12.6. The van der Waals surface area contributed by atoms with Crippen molar-refractivity contribution in [2.75, 3.05) is 19.0 Å². The topological polar surface area (TPSA) is 47.6 Å². The Hall–Kier alpha value is -3.01. The molecule has 3 aromatic rings. The number of amides is 1. The molecule has 0 radical (unpaired) electrons. The lowest BCUT2D eigenvalue weighted by Crippen LogP contribution is -2.22. The van der Waals surface area contributed by atoms with Gasteiger partial charge in [-0.1, -0.05) is 58.0 Å². The lowest BCUT2D eigenvalue weighted by atomic mass is 9.92. The van der Waals surface area contributed by atoms with E-state index in [1.807, 2.05) is 36.4 Å². The number of nitrogens with one attached hydrogen (secondary N) is 1. The highest BCUT2D eigenvalue weighted by molar-refractivity contribution is 5.94. The first-order chi connectivity index (χ1) is 13.9. The minimum absolute atomic E-state index is 0.0422. The van der Waals surface area contributed by atoms with Crippen molar-refractivity contribution < 1.29 is 14.3 Å². The van der Waals surface area contributed by atoms with Crippen molar-refractivity contribution >= 4 is 22.4 Å². The van der Waals surface area contributed by atoms with E-state index in [0.29, 0.717) is 17.6 Å². The molecular weight excluding hydrogens is 362 g/mol. The molecule has 4 nitrogen and oxygen atoms in total. The number of benzene rings is 3. The van der Waals surface area contributed by atoms with Gasteiger partial charge in [0.1, 0.15) is 11.5 Å². The molecule has 0 fully saturated rings. The molecule has 4 heteroatoms. The summed E-state index contributed by atoms with van der Waals surface area (Å²) in [6.45, 7) is 8.49. The molecule has 0 aliphatic rings. The van der Waals surface area contributed by atoms with Crippen LogP contribution in [0.5, 0.6) is 11.5 Å². The van der Waals surface area contributed by atoms with E-state index in [9.17, 15) is 4.79 Å². The lowest BCUT2D eigenvalue weighted by molar-refractivity contribution is -0.118. The van der Waals surface area contributed by atoms with E-state index >= 15 is 0 Å². The van der Waals surface area contributed by atoms with Crippen LogP contribution in [-0.2, 0) is 4.79 Å². The number of carbonyl (C=O) groups is 1. The van der Waals surface area contributed by atoms with Gasteiger partial charge in [0, 0.05) is 5.69 Å². The number of methoxy groups -OCH3 is 1. The Morgan fingerprint density at radius 3 is 2.03 bits per heavy atom. The molecular formula is C25H29NO3. The molecule has 0 bridgehead atoms. The van der Waals surface area contributed by atoms with Gasteiger partial charge < -0.3 is 14.8 Å². The SMILES string of the molecule is COc1ccc2ccc(OCC(=O)Nc3c(C(C)C)cccc3C(C)C)cc2c1. The number of anilines is 1. The summed E-state index contributed by atoms with van der Waals surface area (Å²) in [7, 11) is 1.65. The summed E-state index contributed by atoms with van der Waals surface area (Å²) in [6, 6.07) is 17.9. The van der Waals surface area contributed by atoms with Gasteiger partial charge in [0.2, 0.25) is 0 Å². The van der Waals surface area contributed by atoms with Gasteiger partial charge in [0.25, 0.3) is 5.91 Å². The van der Waals surface area contributed by atoms with Crippen molar-refractivity contribution in [3.63, 3.8) is 0 Å². The molecule has 0 heterocycles. The smallest absolute Gasteiger partial charge is 0.262 e. The van der Waals surface area contributed by atoms with E-state index in [-0.39, 0.29) is 12.5 Å². The average Bonchev–Trinajstić information content (AvgIpc) is 2.71. The number of ether oxygens (including phenoxy) is 2. The predicted octanol–water partition coefficient (Wildman–Crippen LogP) is 6.11. The highest BCUT2D eigenvalue weighted by Gasteiger charge is 2.16. The Balaban J connectivity index is 1.74. The van der Waals surface area contributed by atoms with Gasteiger partial charge in [-0.25, -0.2) is 0 Å². The largest absolute Gasteiger partial charge is 0.497 e. The van der Waals surface area contributed by atoms with Crippen molar-refractivity contribution in [1.29, 1.82) is 0 Å². The minimum Gasteiger partial charge on any atom is -0.497 e. The molecule has 29 heavy (non-hydrogen) atoms. The summed E-state index contributed by atoms with van der Waals surface area (Å²) in [5.41, 5.74) is 3.19.